The molecule has 0 amide bonds. The van der Waals surface area contributed by atoms with Gasteiger partial charge >= 0.3 is 0 Å². The number of rotatable bonds is 2. The van der Waals surface area contributed by atoms with Crippen LogP contribution in [-0.2, 0) is 10.0 Å². The molecule has 100 valence electrons. The Labute approximate surface area is 112 Å². The molecule has 0 aromatic heterocycles. The van der Waals surface area contributed by atoms with Crippen LogP contribution >= 0.6 is 11.6 Å². The third-order valence-corrected chi connectivity index (χ3v) is 5.40. The first-order chi connectivity index (χ1) is 8.41. The molecule has 0 saturated carbocycles. The second kappa shape index (κ2) is 5.15. The van der Waals surface area contributed by atoms with Crippen LogP contribution in [0.15, 0.2) is 23.1 Å². The molecular weight excluding hydrogens is 277 g/mol. The second-order valence-electron chi connectivity index (χ2n) is 4.66. The Morgan fingerprint density at radius 1 is 1.33 bits per heavy atom. The summed E-state index contributed by atoms with van der Waals surface area (Å²) in [6.07, 6.45) is 1.61. The highest BCUT2D eigenvalue weighted by Crippen LogP contribution is 2.26. The molecule has 0 N–H and O–H groups in total. The fraction of sp³-hybridized carbons (Fsp3) is 0.500. The Kier molecular flexibility index (Phi) is 3.94. The van der Waals surface area contributed by atoms with Gasteiger partial charge in [-0.3, -0.25) is 0 Å². The number of piperidine rings is 1. The van der Waals surface area contributed by atoms with Gasteiger partial charge in [0.05, 0.1) is 0 Å². The maximum atomic E-state index is 13.6. The van der Waals surface area contributed by atoms with E-state index in [0.717, 1.165) is 18.9 Å². The molecule has 18 heavy (non-hydrogen) atoms. The lowest BCUT2D eigenvalue weighted by molar-refractivity contribution is 0.287. The summed E-state index contributed by atoms with van der Waals surface area (Å²) < 4.78 is 39.6. The number of nitrogens with zero attached hydrogens (tertiary/aromatic N) is 1. The Bertz CT molecular complexity index is 539. The minimum Gasteiger partial charge on any atom is -0.207 e. The van der Waals surface area contributed by atoms with Gasteiger partial charge in [-0.05, 0) is 37.0 Å². The van der Waals surface area contributed by atoms with E-state index < -0.39 is 15.8 Å². The molecule has 2 rings (SSSR count). The van der Waals surface area contributed by atoms with E-state index in [0.29, 0.717) is 19.0 Å². The summed E-state index contributed by atoms with van der Waals surface area (Å²) >= 11 is 5.74. The summed E-state index contributed by atoms with van der Waals surface area (Å²) in [5.74, 6) is -0.237. The average Bonchev–Trinajstić information content (AvgIpc) is 2.32. The van der Waals surface area contributed by atoms with E-state index in [1.54, 1.807) is 0 Å². The normalized spacial score (nSPS) is 19.1. The molecule has 1 saturated heterocycles. The Balaban J connectivity index is 2.33. The third-order valence-electron chi connectivity index (χ3n) is 3.25. The molecule has 1 fully saturated rings. The smallest absolute Gasteiger partial charge is 0.207 e. The Hall–Kier alpha value is -0.650. The molecule has 1 aliphatic rings. The highest BCUT2D eigenvalue weighted by molar-refractivity contribution is 7.89. The Morgan fingerprint density at radius 2 is 1.94 bits per heavy atom. The molecule has 0 aliphatic carbocycles. The molecule has 1 aromatic rings. The largest absolute Gasteiger partial charge is 0.246 e. The summed E-state index contributed by atoms with van der Waals surface area (Å²) in [5, 5.41) is 0.223. The van der Waals surface area contributed by atoms with Crippen LogP contribution < -0.4 is 0 Å². The quantitative estimate of drug-likeness (QED) is 0.840. The summed E-state index contributed by atoms with van der Waals surface area (Å²) in [4.78, 5) is -0.329. The fourth-order valence-electron chi connectivity index (χ4n) is 2.04. The molecule has 1 heterocycles. The van der Waals surface area contributed by atoms with Crippen molar-refractivity contribution < 1.29 is 12.8 Å². The zero-order valence-electron chi connectivity index (χ0n) is 10.1. The monoisotopic (exact) mass is 291 g/mol. The van der Waals surface area contributed by atoms with Crippen LogP contribution in [0.3, 0.4) is 0 Å². The standard InChI is InChI=1S/C12H15ClFNO2S/c1-9-4-6-15(7-5-9)18(16,17)12-8-10(13)2-3-11(12)14/h2-3,8-9H,4-7H2,1H3. The number of halogens is 2. The summed E-state index contributed by atoms with van der Waals surface area (Å²) in [6.45, 7) is 2.97. The minimum atomic E-state index is -3.76. The highest BCUT2D eigenvalue weighted by atomic mass is 35.5. The number of benzene rings is 1. The summed E-state index contributed by atoms with van der Waals surface area (Å²) in [6, 6.07) is 3.60. The topological polar surface area (TPSA) is 37.4 Å². The van der Waals surface area contributed by atoms with E-state index in [-0.39, 0.29) is 9.92 Å². The zero-order chi connectivity index (χ0) is 13.3. The van der Waals surface area contributed by atoms with Crippen LogP contribution in [0.1, 0.15) is 19.8 Å². The van der Waals surface area contributed by atoms with E-state index in [2.05, 4.69) is 6.92 Å². The van der Waals surface area contributed by atoms with Crippen LogP contribution in [0.4, 0.5) is 4.39 Å². The predicted octanol–water partition coefficient (Wildman–Crippen LogP) is 2.90. The van der Waals surface area contributed by atoms with Crippen molar-refractivity contribution in [1.82, 2.24) is 4.31 Å². The van der Waals surface area contributed by atoms with Crippen molar-refractivity contribution in [3.63, 3.8) is 0 Å². The molecule has 1 aliphatic heterocycles. The van der Waals surface area contributed by atoms with Crippen LogP contribution in [0.5, 0.6) is 0 Å². The number of sulfonamides is 1. The van der Waals surface area contributed by atoms with Crippen molar-refractivity contribution >= 4 is 21.6 Å². The number of hydrogen-bond acceptors (Lipinski definition) is 2. The van der Waals surface area contributed by atoms with E-state index in [9.17, 15) is 12.8 Å². The predicted molar refractivity (Wildman–Crippen MR) is 68.6 cm³/mol. The van der Waals surface area contributed by atoms with Gasteiger partial charge in [0.25, 0.3) is 0 Å². The first kappa shape index (κ1) is 13.8. The first-order valence-electron chi connectivity index (χ1n) is 5.86. The highest BCUT2D eigenvalue weighted by Gasteiger charge is 2.30. The van der Waals surface area contributed by atoms with E-state index in [1.807, 2.05) is 0 Å². The van der Waals surface area contributed by atoms with Gasteiger partial charge in [-0.15, -0.1) is 0 Å². The van der Waals surface area contributed by atoms with Crippen molar-refractivity contribution in [3.8, 4) is 0 Å². The van der Waals surface area contributed by atoms with Crippen molar-refractivity contribution in [3.05, 3.63) is 29.0 Å². The Morgan fingerprint density at radius 3 is 2.56 bits per heavy atom. The van der Waals surface area contributed by atoms with Gasteiger partial charge < -0.3 is 0 Å². The number of hydrogen-bond donors (Lipinski definition) is 0. The van der Waals surface area contributed by atoms with Crippen LogP contribution in [0.2, 0.25) is 5.02 Å². The molecule has 0 bridgehead atoms. The van der Waals surface area contributed by atoms with Gasteiger partial charge in [0, 0.05) is 18.1 Å². The van der Waals surface area contributed by atoms with Gasteiger partial charge in [-0.25, -0.2) is 12.8 Å². The lowest BCUT2D eigenvalue weighted by Gasteiger charge is -2.29. The van der Waals surface area contributed by atoms with E-state index in [4.69, 9.17) is 11.6 Å². The lowest BCUT2D eigenvalue weighted by atomic mass is 10.0. The van der Waals surface area contributed by atoms with E-state index >= 15 is 0 Å². The van der Waals surface area contributed by atoms with Crippen LogP contribution in [-0.4, -0.2) is 25.8 Å². The molecule has 0 radical (unpaired) electrons. The fourth-order valence-corrected chi connectivity index (χ4v) is 3.84. The van der Waals surface area contributed by atoms with Gasteiger partial charge in [0.1, 0.15) is 10.7 Å². The van der Waals surface area contributed by atoms with Gasteiger partial charge in [0.2, 0.25) is 10.0 Å². The van der Waals surface area contributed by atoms with Crippen molar-refractivity contribution in [2.24, 2.45) is 5.92 Å². The van der Waals surface area contributed by atoms with Crippen LogP contribution in [0, 0.1) is 11.7 Å². The minimum absolute atomic E-state index is 0.223. The molecule has 0 spiro atoms. The van der Waals surface area contributed by atoms with Crippen molar-refractivity contribution in [2.45, 2.75) is 24.7 Å². The SMILES string of the molecule is CC1CCN(S(=O)(=O)c2cc(Cl)ccc2F)CC1. The molecule has 0 atom stereocenters. The molecule has 6 heteroatoms. The summed E-state index contributed by atoms with van der Waals surface area (Å²) in [7, 11) is -3.76. The molecule has 3 nitrogen and oxygen atoms in total. The summed E-state index contributed by atoms with van der Waals surface area (Å²) in [5.41, 5.74) is 0. The first-order valence-corrected chi connectivity index (χ1v) is 7.68. The van der Waals surface area contributed by atoms with Gasteiger partial charge in [-0.1, -0.05) is 18.5 Å². The van der Waals surface area contributed by atoms with E-state index in [1.165, 1.54) is 16.4 Å². The molecular formula is C12H15ClFNO2S. The zero-order valence-corrected chi connectivity index (χ0v) is 11.6. The average molecular weight is 292 g/mol. The van der Waals surface area contributed by atoms with Gasteiger partial charge in [0.15, 0.2) is 0 Å². The molecule has 1 aromatic carbocycles. The maximum absolute atomic E-state index is 13.6. The van der Waals surface area contributed by atoms with Crippen molar-refractivity contribution in [1.29, 1.82) is 0 Å². The second-order valence-corrected chi connectivity index (χ2v) is 7.00. The molecule has 0 unspecified atom stereocenters. The van der Waals surface area contributed by atoms with Crippen molar-refractivity contribution in [2.75, 3.05) is 13.1 Å². The lowest BCUT2D eigenvalue weighted by Crippen LogP contribution is -2.38. The maximum Gasteiger partial charge on any atom is 0.246 e. The third kappa shape index (κ3) is 2.68. The van der Waals surface area contributed by atoms with Crippen LogP contribution in [0.25, 0.3) is 0 Å². The van der Waals surface area contributed by atoms with Gasteiger partial charge in [-0.2, -0.15) is 4.31 Å².